The molecule has 0 bridgehead atoms. The second kappa shape index (κ2) is 6.28. The van der Waals surface area contributed by atoms with Crippen LogP contribution in [0.15, 0.2) is 48.5 Å². The molecule has 0 unspecified atom stereocenters. The third kappa shape index (κ3) is 3.02. The Hall–Kier alpha value is -2.20. The van der Waals surface area contributed by atoms with Gasteiger partial charge in [-0.25, -0.2) is 4.39 Å². The van der Waals surface area contributed by atoms with E-state index in [1.54, 1.807) is 18.2 Å². The van der Waals surface area contributed by atoms with Crippen molar-refractivity contribution in [2.24, 2.45) is 0 Å². The Labute approximate surface area is 129 Å². The SMILES string of the molecule is C[C@@H](C(=O)Nc1ccccc1F)N1CCc2ccccc2C1. The van der Waals surface area contributed by atoms with E-state index in [0.717, 1.165) is 19.5 Å². The maximum atomic E-state index is 13.6. The van der Waals surface area contributed by atoms with Crippen LogP contribution in [0.1, 0.15) is 18.1 Å². The number of nitrogens with one attached hydrogen (secondary N) is 1. The van der Waals surface area contributed by atoms with Crippen LogP contribution in [0.4, 0.5) is 10.1 Å². The van der Waals surface area contributed by atoms with Crippen molar-refractivity contribution in [2.45, 2.75) is 25.9 Å². The average molecular weight is 298 g/mol. The van der Waals surface area contributed by atoms with Crippen LogP contribution in [-0.4, -0.2) is 23.4 Å². The van der Waals surface area contributed by atoms with Crippen molar-refractivity contribution >= 4 is 11.6 Å². The molecule has 1 aliphatic heterocycles. The maximum Gasteiger partial charge on any atom is 0.241 e. The molecule has 1 heterocycles. The monoisotopic (exact) mass is 298 g/mol. The van der Waals surface area contributed by atoms with Gasteiger partial charge in [-0.3, -0.25) is 9.69 Å². The van der Waals surface area contributed by atoms with E-state index in [4.69, 9.17) is 0 Å². The van der Waals surface area contributed by atoms with E-state index in [0.29, 0.717) is 0 Å². The number of carbonyl (C=O) groups excluding carboxylic acids is 1. The van der Waals surface area contributed by atoms with Gasteiger partial charge < -0.3 is 5.32 Å². The zero-order chi connectivity index (χ0) is 15.5. The minimum absolute atomic E-state index is 0.176. The molecule has 0 saturated heterocycles. The van der Waals surface area contributed by atoms with E-state index >= 15 is 0 Å². The zero-order valence-electron chi connectivity index (χ0n) is 12.6. The molecule has 114 valence electrons. The summed E-state index contributed by atoms with van der Waals surface area (Å²) in [6, 6.07) is 14.2. The van der Waals surface area contributed by atoms with Gasteiger partial charge in [0, 0.05) is 13.1 Å². The van der Waals surface area contributed by atoms with E-state index in [-0.39, 0.29) is 17.6 Å². The van der Waals surface area contributed by atoms with Gasteiger partial charge in [0.05, 0.1) is 11.7 Å². The molecule has 0 aliphatic carbocycles. The maximum absolute atomic E-state index is 13.6. The fourth-order valence-electron chi connectivity index (χ4n) is 2.81. The number of fused-ring (bicyclic) bond motifs is 1. The lowest BCUT2D eigenvalue weighted by Crippen LogP contribution is -2.44. The highest BCUT2D eigenvalue weighted by atomic mass is 19.1. The van der Waals surface area contributed by atoms with Crippen molar-refractivity contribution in [3.05, 3.63) is 65.5 Å². The highest BCUT2D eigenvalue weighted by molar-refractivity contribution is 5.94. The number of nitrogens with zero attached hydrogens (tertiary/aromatic N) is 1. The molecule has 3 rings (SSSR count). The zero-order valence-corrected chi connectivity index (χ0v) is 12.6. The van der Waals surface area contributed by atoms with E-state index < -0.39 is 5.82 Å². The van der Waals surface area contributed by atoms with Gasteiger partial charge in [-0.15, -0.1) is 0 Å². The normalized spacial score (nSPS) is 15.9. The first kappa shape index (κ1) is 14.7. The predicted molar refractivity (Wildman–Crippen MR) is 85.0 cm³/mol. The quantitative estimate of drug-likeness (QED) is 0.943. The molecule has 4 heteroatoms. The van der Waals surface area contributed by atoms with Crippen LogP contribution in [0.2, 0.25) is 0 Å². The summed E-state index contributed by atoms with van der Waals surface area (Å²) < 4.78 is 13.6. The number of hydrogen-bond donors (Lipinski definition) is 1. The summed E-state index contributed by atoms with van der Waals surface area (Å²) in [5.74, 6) is -0.587. The molecular weight excluding hydrogens is 279 g/mol. The number of hydrogen-bond acceptors (Lipinski definition) is 2. The Kier molecular flexibility index (Phi) is 4.20. The number of carbonyl (C=O) groups is 1. The fraction of sp³-hybridized carbons (Fsp3) is 0.278. The molecule has 2 aromatic rings. The Morgan fingerprint density at radius 1 is 1.14 bits per heavy atom. The van der Waals surface area contributed by atoms with Crippen LogP contribution < -0.4 is 5.32 Å². The van der Waals surface area contributed by atoms with Gasteiger partial charge in [0.2, 0.25) is 5.91 Å². The van der Waals surface area contributed by atoms with Gasteiger partial charge >= 0.3 is 0 Å². The standard InChI is InChI=1S/C18H19FN2O/c1-13(18(22)20-17-9-5-4-8-16(17)19)21-11-10-14-6-2-3-7-15(14)12-21/h2-9,13H,10-12H2,1H3,(H,20,22)/t13-/m0/s1. The molecular formula is C18H19FN2O. The highest BCUT2D eigenvalue weighted by Gasteiger charge is 2.25. The van der Waals surface area contributed by atoms with E-state index in [1.165, 1.54) is 17.2 Å². The lowest BCUT2D eigenvalue weighted by molar-refractivity contribution is -0.121. The molecule has 22 heavy (non-hydrogen) atoms. The van der Waals surface area contributed by atoms with E-state index in [2.05, 4.69) is 22.3 Å². The minimum atomic E-state index is -0.410. The van der Waals surface area contributed by atoms with Gasteiger partial charge in [-0.2, -0.15) is 0 Å². The van der Waals surface area contributed by atoms with Crippen LogP contribution in [-0.2, 0) is 17.8 Å². The highest BCUT2D eigenvalue weighted by Crippen LogP contribution is 2.21. The molecule has 1 amide bonds. The molecule has 1 aliphatic rings. The first-order chi connectivity index (χ1) is 10.6. The Morgan fingerprint density at radius 2 is 1.82 bits per heavy atom. The second-order valence-electron chi connectivity index (χ2n) is 5.63. The summed E-state index contributed by atoms with van der Waals surface area (Å²) >= 11 is 0. The van der Waals surface area contributed by atoms with Gasteiger partial charge in [0.15, 0.2) is 0 Å². The lowest BCUT2D eigenvalue weighted by atomic mass is 9.99. The van der Waals surface area contributed by atoms with Crippen LogP contribution >= 0.6 is 0 Å². The lowest BCUT2D eigenvalue weighted by Gasteiger charge is -2.32. The second-order valence-corrected chi connectivity index (χ2v) is 5.63. The molecule has 2 aromatic carbocycles. The van der Waals surface area contributed by atoms with E-state index in [9.17, 15) is 9.18 Å². The Morgan fingerprint density at radius 3 is 2.59 bits per heavy atom. The number of amides is 1. The summed E-state index contributed by atoms with van der Waals surface area (Å²) in [6.45, 7) is 3.45. The van der Waals surface area contributed by atoms with Crippen molar-refractivity contribution in [3.63, 3.8) is 0 Å². The molecule has 0 aromatic heterocycles. The van der Waals surface area contributed by atoms with Gasteiger partial charge in [0.1, 0.15) is 5.82 Å². The number of para-hydroxylation sites is 1. The van der Waals surface area contributed by atoms with Gasteiger partial charge in [0.25, 0.3) is 0 Å². The molecule has 0 spiro atoms. The molecule has 0 radical (unpaired) electrons. The summed E-state index contributed by atoms with van der Waals surface area (Å²) in [4.78, 5) is 14.5. The summed E-state index contributed by atoms with van der Waals surface area (Å²) in [5.41, 5.74) is 2.84. The predicted octanol–water partition coefficient (Wildman–Crippen LogP) is 3.21. The third-order valence-electron chi connectivity index (χ3n) is 4.22. The molecule has 3 nitrogen and oxygen atoms in total. The topological polar surface area (TPSA) is 32.3 Å². The van der Waals surface area contributed by atoms with Crippen LogP contribution in [0.3, 0.4) is 0 Å². The first-order valence-electron chi connectivity index (χ1n) is 7.51. The molecule has 0 fully saturated rings. The van der Waals surface area contributed by atoms with Crippen molar-refractivity contribution in [2.75, 3.05) is 11.9 Å². The number of halogens is 1. The first-order valence-corrected chi connectivity index (χ1v) is 7.51. The third-order valence-corrected chi connectivity index (χ3v) is 4.22. The Bertz CT molecular complexity index is 686. The minimum Gasteiger partial charge on any atom is -0.322 e. The molecule has 1 atom stereocenters. The molecule has 0 saturated carbocycles. The van der Waals surface area contributed by atoms with Crippen molar-refractivity contribution < 1.29 is 9.18 Å². The van der Waals surface area contributed by atoms with E-state index in [1.807, 2.05) is 19.1 Å². The van der Waals surface area contributed by atoms with Crippen LogP contribution in [0.5, 0.6) is 0 Å². The van der Waals surface area contributed by atoms with Crippen molar-refractivity contribution in [1.29, 1.82) is 0 Å². The fourth-order valence-corrected chi connectivity index (χ4v) is 2.81. The summed E-state index contributed by atoms with van der Waals surface area (Å²) in [6.07, 6.45) is 0.938. The molecule has 1 N–H and O–H groups in total. The number of rotatable bonds is 3. The smallest absolute Gasteiger partial charge is 0.241 e. The van der Waals surface area contributed by atoms with Gasteiger partial charge in [-0.05, 0) is 36.6 Å². The summed E-state index contributed by atoms with van der Waals surface area (Å²) in [7, 11) is 0. The number of benzene rings is 2. The van der Waals surface area contributed by atoms with Crippen molar-refractivity contribution in [3.8, 4) is 0 Å². The summed E-state index contributed by atoms with van der Waals surface area (Å²) in [5, 5.41) is 2.68. The van der Waals surface area contributed by atoms with Crippen LogP contribution in [0.25, 0.3) is 0 Å². The Balaban J connectivity index is 1.68. The van der Waals surface area contributed by atoms with Crippen LogP contribution in [0, 0.1) is 5.82 Å². The van der Waals surface area contributed by atoms with Crippen molar-refractivity contribution in [1.82, 2.24) is 4.90 Å². The van der Waals surface area contributed by atoms with Gasteiger partial charge in [-0.1, -0.05) is 36.4 Å². The average Bonchev–Trinajstić information content (AvgIpc) is 2.55. The largest absolute Gasteiger partial charge is 0.322 e. The number of anilines is 1.